The van der Waals surface area contributed by atoms with Crippen LogP contribution < -0.4 is 4.90 Å². The number of halogens is 3. The van der Waals surface area contributed by atoms with Crippen molar-refractivity contribution in [1.29, 1.82) is 0 Å². The van der Waals surface area contributed by atoms with Gasteiger partial charge in [-0.2, -0.15) is 0 Å². The van der Waals surface area contributed by atoms with Gasteiger partial charge in [0.25, 0.3) is 0 Å². The van der Waals surface area contributed by atoms with Crippen molar-refractivity contribution >= 4 is 40.6 Å². The standard InChI is InChI=1S/C12H15Cl3N2/c1-2-3-8-4-5-17(7-8)12-10(14)6-9(13)11(15)16-12/h6,8H,2-5,7H2,1H3. The molecule has 0 N–H and O–H groups in total. The predicted octanol–water partition coefficient (Wildman–Crippen LogP) is 4.67. The molecule has 0 aliphatic carbocycles. The summed E-state index contributed by atoms with van der Waals surface area (Å²) < 4.78 is 0. The molecule has 1 saturated heterocycles. The molecule has 1 fully saturated rings. The zero-order valence-corrected chi connectivity index (χ0v) is 12.0. The van der Waals surface area contributed by atoms with Crippen molar-refractivity contribution in [2.24, 2.45) is 5.92 Å². The van der Waals surface area contributed by atoms with Crippen LogP contribution in [0.15, 0.2) is 6.07 Å². The smallest absolute Gasteiger partial charge is 0.150 e. The van der Waals surface area contributed by atoms with Gasteiger partial charge in [-0.05, 0) is 24.8 Å². The van der Waals surface area contributed by atoms with E-state index in [1.807, 2.05) is 0 Å². The summed E-state index contributed by atoms with van der Waals surface area (Å²) in [5.41, 5.74) is 0. The minimum absolute atomic E-state index is 0.324. The van der Waals surface area contributed by atoms with Crippen LogP contribution in [-0.4, -0.2) is 18.1 Å². The first-order chi connectivity index (χ1) is 8.11. The van der Waals surface area contributed by atoms with Crippen LogP contribution in [-0.2, 0) is 0 Å². The van der Waals surface area contributed by atoms with Crippen molar-refractivity contribution in [3.63, 3.8) is 0 Å². The van der Waals surface area contributed by atoms with Gasteiger partial charge < -0.3 is 4.90 Å². The highest BCUT2D eigenvalue weighted by Crippen LogP contribution is 2.34. The summed E-state index contributed by atoms with van der Waals surface area (Å²) in [6, 6.07) is 1.67. The van der Waals surface area contributed by atoms with Gasteiger partial charge in [0.15, 0.2) is 0 Å². The summed E-state index contributed by atoms with van der Waals surface area (Å²) in [7, 11) is 0. The van der Waals surface area contributed by atoms with Crippen LogP contribution in [0.1, 0.15) is 26.2 Å². The molecule has 17 heavy (non-hydrogen) atoms. The third kappa shape index (κ3) is 2.98. The van der Waals surface area contributed by atoms with Crippen LogP contribution in [0.5, 0.6) is 0 Å². The maximum Gasteiger partial charge on any atom is 0.150 e. The van der Waals surface area contributed by atoms with E-state index in [2.05, 4.69) is 16.8 Å². The lowest BCUT2D eigenvalue weighted by Crippen LogP contribution is -2.21. The molecule has 2 heterocycles. The minimum Gasteiger partial charge on any atom is -0.355 e. The average molecular weight is 294 g/mol. The Bertz CT molecular complexity index is 409. The summed E-state index contributed by atoms with van der Waals surface area (Å²) >= 11 is 18.0. The molecule has 1 unspecified atom stereocenters. The second-order valence-electron chi connectivity index (χ2n) is 4.46. The molecule has 0 bridgehead atoms. The molecule has 0 spiro atoms. The lowest BCUT2D eigenvalue weighted by Gasteiger charge is -2.19. The van der Waals surface area contributed by atoms with E-state index in [0.717, 1.165) is 24.8 Å². The predicted molar refractivity (Wildman–Crippen MR) is 74.5 cm³/mol. The van der Waals surface area contributed by atoms with Crippen LogP contribution in [0.3, 0.4) is 0 Å². The maximum atomic E-state index is 6.16. The molecule has 0 amide bonds. The third-order valence-corrected chi connectivity index (χ3v) is 4.10. The van der Waals surface area contributed by atoms with Crippen LogP contribution in [0, 0.1) is 5.92 Å². The lowest BCUT2D eigenvalue weighted by atomic mass is 10.0. The highest BCUT2D eigenvalue weighted by molar-refractivity contribution is 6.42. The van der Waals surface area contributed by atoms with Gasteiger partial charge in [0.1, 0.15) is 11.0 Å². The number of rotatable bonds is 3. The van der Waals surface area contributed by atoms with E-state index in [-0.39, 0.29) is 0 Å². The Morgan fingerprint density at radius 2 is 2.12 bits per heavy atom. The first kappa shape index (κ1) is 13.3. The lowest BCUT2D eigenvalue weighted by molar-refractivity contribution is 0.529. The van der Waals surface area contributed by atoms with E-state index < -0.39 is 0 Å². The number of hydrogen-bond acceptors (Lipinski definition) is 2. The van der Waals surface area contributed by atoms with Crippen molar-refractivity contribution in [1.82, 2.24) is 4.98 Å². The Morgan fingerprint density at radius 3 is 2.82 bits per heavy atom. The van der Waals surface area contributed by atoms with Crippen LogP contribution in [0.2, 0.25) is 15.2 Å². The van der Waals surface area contributed by atoms with Crippen LogP contribution >= 0.6 is 34.8 Å². The fraction of sp³-hybridized carbons (Fsp3) is 0.583. The van der Waals surface area contributed by atoms with Gasteiger partial charge >= 0.3 is 0 Å². The van der Waals surface area contributed by atoms with Gasteiger partial charge in [-0.25, -0.2) is 4.98 Å². The monoisotopic (exact) mass is 292 g/mol. The van der Waals surface area contributed by atoms with E-state index in [4.69, 9.17) is 34.8 Å². The second-order valence-corrected chi connectivity index (χ2v) is 5.63. The molecule has 2 rings (SSSR count). The van der Waals surface area contributed by atoms with Gasteiger partial charge in [0.2, 0.25) is 0 Å². The molecule has 1 aliphatic rings. The van der Waals surface area contributed by atoms with Gasteiger partial charge in [0, 0.05) is 13.1 Å². The molecule has 0 aromatic carbocycles. The summed E-state index contributed by atoms with van der Waals surface area (Å²) in [6.07, 6.45) is 3.68. The van der Waals surface area contributed by atoms with E-state index in [1.165, 1.54) is 19.3 Å². The summed E-state index contributed by atoms with van der Waals surface area (Å²) in [5.74, 6) is 1.51. The van der Waals surface area contributed by atoms with Crippen molar-refractivity contribution in [2.75, 3.05) is 18.0 Å². The normalized spacial score (nSPS) is 20.0. The molecule has 2 nitrogen and oxygen atoms in total. The molecular formula is C12H15Cl3N2. The Morgan fingerprint density at radius 1 is 1.35 bits per heavy atom. The number of nitrogens with zero attached hydrogens (tertiary/aromatic N) is 2. The molecule has 5 heteroatoms. The molecule has 0 saturated carbocycles. The summed E-state index contributed by atoms with van der Waals surface area (Å²) in [4.78, 5) is 6.48. The SMILES string of the molecule is CCCC1CCN(c2nc(Cl)c(Cl)cc2Cl)C1. The molecule has 94 valence electrons. The number of aromatic nitrogens is 1. The van der Waals surface area contributed by atoms with Crippen LogP contribution in [0.4, 0.5) is 5.82 Å². The van der Waals surface area contributed by atoms with Gasteiger partial charge in [-0.3, -0.25) is 0 Å². The zero-order chi connectivity index (χ0) is 12.4. The highest BCUT2D eigenvalue weighted by Gasteiger charge is 2.24. The molecule has 1 aromatic rings. The van der Waals surface area contributed by atoms with E-state index in [1.54, 1.807) is 6.07 Å². The molecular weight excluding hydrogens is 279 g/mol. The zero-order valence-electron chi connectivity index (χ0n) is 9.72. The Balaban J connectivity index is 2.16. The topological polar surface area (TPSA) is 16.1 Å². The van der Waals surface area contributed by atoms with Crippen molar-refractivity contribution in [3.8, 4) is 0 Å². The van der Waals surface area contributed by atoms with E-state index in [9.17, 15) is 0 Å². The Labute approximate surface area is 117 Å². The fourth-order valence-corrected chi connectivity index (χ4v) is 2.94. The number of anilines is 1. The molecule has 1 aromatic heterocycles. The Kier molecular flexibility index (Phi) is 4.40. The van der Waals surface area contributed by atoms with Crippen molar-refractivity contribution in [3.05, 3.63) is 21.3 Å². The first-order valence-corrected chi connectivity index (χ1v) is 7.01. The highest BCUT2D eigenvalue weighted by atomic mass is 35.5. The van der Waals surface area contributed by atoms with Gasteiger partial charge in [-0.1, -0.05) is 48.1 Å². The van der Waals surface area contributed by atoms with E-state index in [0.29, 0.717) is 15.2 Å². The first-order valence-electron chi connectivity index (χ1n) is 5.88. The van der Waals surface area contributed by atoms with Gasteiger partial charge in [0.05, 0.1) is 10.0 Å². The maximum absolute atomic E-state index is 6.16. The summed E-state index contributed by atoms with van der Waals surface area (Å²) in [5, 5.41) is 1.31. The molecule has 1 atom stereocenters. The van der Waals surface area contributed by atoms with Gasteiger partial charge in [-0.15, -0.1) is 0 Å². The fourth-order valence-electron chi connectivity index (χ4n) is 2.33. The van der Waals surface area contributed by atoms with Crippen molar-refractivity contribution in [2.45, 2.75) is 26.2 Å². The van der Waals surface area contributed by atoms with E-state index >= 15 is 0 Å². The summed E-state index contributed by atoms with van der Waals surface area (Å²) in [6.45, 7) is 4.22. The number of hydrogen-bond donors (Lipinski definition) is 0. The van der Waals surface area contributed by atoms with Crippen molar-refractivity contribution < 1.29 is 0 Å². The molecule has 0 radical (unpaired) electrons. The quantitative estimate of drug-likeness (QED) is 0.753. The third-order valence-electron chi connectivity index (χ3n) is 3.15. The minimum atomic E-state index is 0.324. The van der Waals surface area contributed by atoms with Crippen LogP contribution in [0.25, 0.3) is 0 Å². The largest absolute Gasteiger partial charge is 0.355 e. The number of pyridine rings is 1. The average Bonchev–Trinajstić information content (AvgIpc) is 2.72. The molecule has 1 aliphatic heterocycles. The second kappa shape index (κ2) is 5.64. The Hall–Kier alpha value is -0.180.